The van der Waals surface area contributed by atoms with Crippen molar-refractivity contribution in [3.05, 3.63) is 11.8 Å². The van der Waals surface area contributed by atoms with Crippen LogP contribution in [0.5, 0.6) is 0 Å². The van der Waals surface area contributed by atoms with Gasteiger partial charge in [0.2, 0.25) is 0 Å². The van der Waals surface area contributed by atoms with Crippen LogP contribution < -0.4 is 0 Å². The molecule has 0 saturated heterocycles. The molecule has 0 fully saturated rings. The summed E-state index contributed by atoms with van der Waals surface area (Å²) in [5.74, 6) is -0.322. The van der Waals surface area contributed by atoms with E-state index in [0.717, 1.165) is 6.42 Å². The first kappa shape index (κ1) is 8.50. The Morgan fingerprint density at radius 3 is 2.67 bits per heavy atom. The smallest absolute Gasteiger partial charge is 0.312 e. The van der Waals surface area contributed by atoms with Crippen LogP contribution in [0.4, 0.5) is 0 Å². The van der Waals surface area contributed by atoms with Crippen molar-refractivity contribution in [3.63, 3.8) is 0 Å². The molecule has 0 bridgehead atoms. The maximum absolute atomic E-state index is 10.5. The quantitative estimate of drug-likeness (QED) is 0.452. The van der Waals surface area contributed by atoms with Gasteiger partial charge in [-0.05, 0) is 24.6 Å². The zero-order valence-corrected chi connectivity index (χ0v) is 6.07. The number of ether oxygens (including phenoxy) is 1. The maximum atomic E-state index is 10.5. The third kappa shape index (κ3) is 5.37. The molecule has 0 rings (SSSR count). The number of halogens is 1. The summed E-state index contributed by atoms with van der Waals surface area (Å²) in [6.45, 7) is 5.09. The minimum absolute atomic E-state index is 0.0616. The van der Waals surface area contributed by atoms with Crippen molar-refractivity contribution in [1.82, 2.24) is 0 Å². The number of rotatable bonds is 3. The maximum Gasteiger partial charge on any atom is 0.312 e. The molecular weight excluding hydrogens is 140 g/mol. The third-order valence-corrected chi connectivity index (χ3v) is 0.756. The van der Waals surface area contributed by atoms with Crippen LogP contribution >= 0.6 is 11.6 Å². The van der Waals surface area contributed by atoms with Gasteiger partial charge in [0.05, 0.1) is 0 Å². The summed E-state index contributed by atoms with van der Waals surface area (Å²) in [6.07, 6.45) is 1.16. The largest absolute Gasteiger partial charge is 0.415 e. The van der Waals surface area contributed by atoms with E-state index in [9.17, 15) is 4.79 Å². The Balaban J connectivity index is 3.39. The highest BCUT2D eigenvalue weighted by molar-refractivity contribution is 6.28. The van der Waals surface area contributed by atoms with Gasteiger partial charge >= 0.3 is 5.97 Å². The first-order valence-electron chi connectivity index (χ1n) is 2.72. The van der Waals surface area contributed by atoms with Crippen molar-refractivity contribution in [3.8, 4) is 0 Å². The fourth-order valence-corrected chi connectivity index (χ4v) is 0.465. The Hall–Kier alpha value is -0.500. The highest BCUT2D eigenvalue weighted by Crippen LogP contribution is 2.01. The molecule has 0 unspecified atom stereocenters. The van der Waals surface area contributed by atoms with Crippen molar-refractivity contribution >= 4 is 17.6 Å². The molecule has 0 N–H and O–H groups in total. The van der Waals surface area contributed by atoms with Crippen LogP contribution in [-0.2, 0) is 9.53 Å². The van der Waals surface area contributed by atoms with Gasteiger partial charge in [-0.25, -0.2) is 0 Å². The highest BCUT2D eigenvalue weighted by Gasteiger charge is 1.99. The summed E-state index contributed by atoms with van der Waals surface area (Å²) in [5.41, 5.74) is 0. The fraction of sp³-hybridized carbons (Fsp3) is 0.500. The molecule has 2 nitrogen and oxygen atoms in total. The van der Waals surface area contributed by atoms with E-state index in [4.69, 9.17) is 11.6 Å². The first-order valence-corrected chi connectivity index (χ1v) is 3.09. The zero-order valence-electron chi connectivity index (χ0n) is 5.32. The molecule has 0 aliphatic rings. The molecule has 0 aromatic rings. The van der Waals surface area contributed by atoms with Crippen LogP contribution in [-0.4, -0.2) is 5.97 Å². The standard InChI is InChI=1S/C6H9ClO2/c1-3-4-6(8)9-5(2)7/h2-4H2,1H3. The number of hydrogen-bond acceptors (Lipinski definition) is 2. The van der Waals surface area contributed by atoms with E-state index < -0.39 is 0 Å². The molecule has 0 atom stereocenters. The Bertz CT molecular complexity index is 120. The van der Waals surface area contributed by atoms with Gasteiger partial charge in [0, 0.05) is 6.42 Å². The van der Waals surface area contributed by atoms with E-state index >= 15 is 0 Å². The van der Waals surface area contributed by atoms with E-state index in [-0.39, 0.29) is 11.2 Å². The molecule has 52 valence electrons. The van der Waals surface area contributed by atoms with Crippen LogP contribution in [0.3, 0.4) is 0 Å². The van der Waals surface area contributed by atoms with Gasteiger partial charge in [-0.3, -0.25) is 4.79 Å². The third-order valence-electron chi connectivity index (χ3n) is 0.679. The first-order chi connectivity index (χ1) is 4.16. The highest BCUT2D eigenvalue weighted by atomic mass is 35.5. The molecule has 0 radical (unpaired) electrons. The zero-order chi connectivity index (χ0) is 7.28. The number of esters is 1. The molecule has 0 aliphatic carbocycles. The van der Waals surface area contributed by atoms with E-state index in [0.29, 0.717) is 6.42 Å². The van der Waals surface area contributed by atoms with Gasteiger partial charge in [-0.15, -0.1) is 0 Å². The van der Waals surface area contributed by atoms with Gasteiger partial charge in [0.1, 0.15) is 0 Å². The Kier molecular flexibility index (Phi) is 4.14. The monoisotopic (exact) mass is 148 g/mol. The average molecular weight is 149 g/mol. The molecule has 0 saturated carbocycles. The van der Waals surface area contributed by atoms with Crippen molar-refractivity contribution in [2.24, 2.45) is 0 Å². The summed E-state index contributed by atoms with van der Waals surface area (Å²) < 4.78 is 4.42. The topological polar surface area (TPSA) is 26.3 Å². The van der Waals surface area contributed by atoms with Crippen LogP contribution in [0.2, 0.25) is 0 Å². The lowest BCUT2D eigenvalue weighted by Crippen LogP contribution is -1.99. The molecule has 0 heterocycles. The van der Waals surface area contributed by atoms with E-state index in [1.54, 1.807) is 0 Å². The molecule has 0 amide bonds. The summed E-state index contributed by atoms with van der Waals surface area (Å²) in [5, 5.41) is -0.0616. The van der Waals surface area contributed by atoms with Gasteiger partial charge in [-0.1, -0.05) is 6.92 Å². The molecule has 0 aromatic carbocycles. The normalized spacial score (nSPS) is 8.67. The van der Waals surface area contributed by atoms with Crippen LogP contribution in [0.1, 0.15) is 19.8 Å². The molecule has 9 heavy (non-hydrogen) atoms. The second kappa shape index (κ2) is 4.39. The SMILES string of the molecule is C=C(Cl)OC(=O)CCC. The Morgan fingerprint density at radius 1 is 1.78 bits per heavy atom. The molecule has 0 spiro atoms. The lowest BCUT2D eigenvalue weighted by atomic mass is 10.3. The van der Waals surface area contributed by atoms with Crippen molar-refractivity contribution in [2.75, 3.05) is 0 Å². The number of hydrogen-bond donors (Lipinski definition) is 0. The van der Waals surface area contributed by atoms with Crippen LogP contribution in [0.25, 0.3) is 0 Å². The summed E-state index contributed by atoms with van der Waals surface area (Å²) >= 11 is 5.17. The van der Waals surface area contributed by atoms with E-state index in [1.165, 1.54) is 0 Å². The summed E-state index contributed by atoms with van der Waals surface area (Å²) in [7, 11) is 0. The minimum atomic E-state index is -0.322. The Labute approximate surface area is 59.5 Å². The van der Waals surface area contributed by atoms with Crippen LogP contribution in [0, 0.1) is 0 Å². The summed E-state index contributed by atoms with van der Waals surface area (Å²) in [6, 6.07) is 0. The van der Waals surface area contributed by atoms with Gasteiger partial charge in [0.15, 0.2) is 5.22 Å². The minimum Gasteiger partial charge on any atom is -0.415 e. The van der Waals surface area contributed by atoms with Gasteiger partial charge < -0.3 is 4.74 Å². The Morgan fingerprint density at radius 2 is 2.33 bits per heavy atom. The number of carbonyl (C=O) groups excluding carboxylic acids is 1. The van der Waals surface area contributed by atoms with Crippen molar-refractivity contribution in [2.45, 2.75) is 19.8 Å². The van der Waals surface area contributed by atoms with E-state index in [1.807, 2.05) is 6.92 Å². The second-order valence-electron chi connectivity index (χ2n) is 1.58. The average Bonchev–Trinajstić information content (AvgIpc) is 1.63. The molecule has 0 aliphatic heterocycles. The van der Waals surface area contributed by atoms with Gasteiger partial charge in [-0.2, -0.15) is 0 Å². The van der Waals surface area contributed by atoms with Crippen molar-refractivity contribution in [1.29, 1.82) is 0 Å². The summed E-state index contributed by atoms with van der Waals surface area (Å²) in [4.78, 5) is 10.5. The van der Waals surface area contributed by atoms with Crippen molar-refractivity contribution < 1.29 is 9.53 Å². The molecule has 0 aromatic heterocycles. The van der Waals surface area contributed by atoms with Gasteiger partial charge in [0.25, 0.3) is 0 Å². The predicted molar refractivity (Wildman–Crippen MR) is 36.0 cm³/mol. The second-order valence-corrected chi connectivity index (χ2v) is 2.00. The fourth-order valence-electron chi connectivity index (χ4n) is 0.379. The lowest BCUT2D eigenvalue weighted by Gasteiger charge is -1.96. The lowest BCUT2D eigenvalue weighted by molar-refractivity contribution is -0.138. The number of carbonyl (C=O) groups is 1. The predicted octanol–water partition coefficient (Wildman–Crippen LogP) is 2.04. The molecule has 3 heteroatoms. The van der Waals surface area contributed by atoms with E-state index in [2.05, 4.69) is 11.3 Å². The molecular formula is C6H9ClO2. The van der Waals surface area contributed by atoms with Crippen LogP contribution in [0.15, 0.2) is 11.8 Å².